The van der Waals surface area contributed by atoms with Crippen molar-refractivity contribution in [3.8, 4) is 11.3 Å². The van der Waals surface area contributed by atoms with Gasteiger partial charge < -0.3 is 4.42 Å². The largest absolute Gasteiger partial charge is 0.454 e. The molecule has 0 N–H and O–H groups in total. The number of hydrogen-bond acceptors (Lipinski definition) is 3. The van der Waals surface area contributed by atoms with Crippen LogP contribution in [0.25, 0.3) is 33.3 Å². The number of aromatic nitrogens is 2. The Kier molecular flexibility index (Phi) is 6.69. The van der Waals surface area contributed by atoms with Gasteiger partial charge in [0, 0.05) is 39.9 Å². The van der Waals surface area contributed by atoms with Crippen LogP contribution in [0.2, 0.25) is 19.6 Å². The van der Waals surface area contributed by atoms with E-state index in [0.717, 1.165) is 51.4 Å². The molecule has 0 saturated heterocycles. The van der Waals surface area contributed by atoms with Gasteiger partial charge in [-0.2, -0.15) is 4.57 Å². The minimum Gasteiger partial charge on any atom is -0.454 e. The maximum absolute atomic E-state index is 6.52. The molecule has 4 aliphatic rings. The van der Waals surface area contributed by atoms with Gasteiger partial charge in [-0.25, -0.2) is 4.98 Å². The number of nitrogens with zero attached hydrogens (tertiary/aromatic N) is 3. The highest BCUT2D eigenvalue weighted by Gasteiger charge is 2.69. The summed E-state index contributed by atoms with van der Waals surface area (Å²) in [5, 5.41) is 2.67. The van der Waals surface area contributed by atoms with Crippen molar-refractivity contribution in [2.75, 3.05) is 0 Å². The van der Waals surface area contributed by atoms with Crippen LogP contribution in [0.3, 0.4) is 0 Å². The van der Waals surface area contributed by atoms with Gasteiger partial charge in [-0.3, -0.25) is 4.99 Å². The molecule has 5 aromatic rings. The van der Waals surface area contributed by atoms with Crippen LogP contribution < -0.4 is 9.75 Å². The third-order valence-corrected chi connectivity index (χ3v) is 14.3. The van der Waals surface area contributed by atoms with E-state index >= 15 is 0 Å². The second-order valence-corrected chi connectivity index (χ2v) is 21.0. The molecule has 9 rings (SSSR count). The Balaban J connectivity index is 1.23. The molecular formula is C43H46N3OSi+. The second kappa shape index (κ2) is 10.7. The molecule has 2 aliphatic carbocycles. The summed E-state index contributed by atoms with van der Waals surface area (Å²) in [5.41, 5.74) is 12.2. The van der Waals surface area contributed by atoms with Gasteiger partial charge in [-0.1, -0.05) is 94.7 Å². The average Bonchev–Trinajstić information content (AvgIpc) is 3.45. The number of benzene rings is 2. The number of aliphatic imine (C=N–C) groups is 1. The van der Waals surface area contributed by atoms with Crippen molar-refractivity contribution in [3.05, 3.63) is 114 Å². The zero-order chi connectivity index (χ0) is 32.9. The molecule has 0 bridgehead atoms. The monoisotopic (exact) mass is 648 g/mol. The molecule has 5 heterocycles. The lowest BCUT2D eigenvalue weighted by Gasteiger charge is -2.58. The van der Waals surface area contributed by atoms with Crippen LogP contribution in [-0.4, -0.2) is 24.3 Å². The van der Waals surface area contributed by atoms with E-state index < -0.39 is 8.07 Å². The Morgan fingerprint density at radius 1 is 1.02 bits per heavy atom. The van der Waals surface area contributed by atoms with E-state index in [4.69, 9.17) is 14.4 Å². The quantitative estimate of drug-likeness (QED) is 0.108. The smallest absolute Gasteiger partial charge is 0.213 e. The standard InChI is InChI=1S/C43H46N3OSi/c1-7-33-41-39(43(33)24-32-26(3)44-40-31-20-14-15-21-36(31)47-42(40)38(32)34(8-2)45-43)30-19-13-12-18-29(30)35-23-28(22-27-16-10-9-11-17-27)37(25-46(35)41)48(4,5)6/h7-8,12-15,18-21,23,25,27,33,39,41H,1-2,9-11,16-17,22,24H2,3-6H3/q+1. The average molecular weight is 649 g/mol. The Bertz CT molecular complexity index is 2200. The van der Waals surface area contributed by atoms with Gasteiger partial charge in [-0.15, -0.1) is 6.58 Å². The number of furan rings is 1. The minimum absolute atomic E-state index is 0.159. The van der Waals surface area contributed by atoms with E-state index in [1.54, 1.807) is 10.8 Å². The zero-order valence-corrected chi connectivity index (χ0v) is 29.9. The fourth-order valence-electron chi connectivity index (χ4n) is 10.1. The first-order valence-corrected chi connectivity index (χ1v) is 21.6. The fourth-order valence-corrected chi connectivity index (χ4v) is 11.8. The maximum Gasteiger partial charge on any atom is 0.213 e. The molecule has 2 saturated carbocycles. The van der Waals surface area contributed by atoms with Gasteiger partial charge in [0.2, 0.25) is 5.69 Å². The van der Waals surface area contributed by atoms with Crippen molar-refractivity contribution in [1.29, 1.82) is 0 Å². The summed E-state index contributed by atoms with van der Waals surface area (Å²) in [6.45, 7) is 18.5. The molecule has 48 heavy (non-hydrogen) atoms. The predicted molar refractivity (Wildman–Crippen MR) is 200 cm³/mol. The summed E-state index contributed by atoms with van der Waals surface area (Å²) in [7, 11) is -1.64. The summed E-state index contributed by atoms with van der Waals surface area (Å²) in [5.74, 6) is 1.18. The zero-order valence-electron chi connectivity index (χ0n) is 28.9. The van der Waals surface area contributed by atoms with Crippen LogP contribution in [0.5, 0.6) is 0 Å². The highest BCUT2D eigenvalue weighted by atomic mass is 28.3. The van der Waals surface area contributed by atoms with Gasteiger partial charge in [0.1, 0.15) is 11.1 Å². The van der Waals surface area contributed by atoms with Gasteiger partial charge in [-0.05, 0) is 60.2 Å². The number of hydrogen-bond donors (Lipinski definition) is 0. The van der Waals surface area contributed by atoms with Crippen LogP contribution in [-0.2, 0) is 12.8 Å². The lowest BCUT2D eigenvalue weighted by Crippen LogP contribution is -2.71. The van der Waals surface area contributed by atoms with Crippen molar-refractivity contribution in [1.82, 2.24) is 4.98 Å². The van der Waals surface area contributed by atoms with Crippen molar-refractivity contribution < 1.29 is 8.98 Å². The summed E-state index contributed by atoms with van der Waals surface area (Å²) in [6, 6.07) is 20.2. The van der Waals surface area contributed by atoms with E-state index in [0.29, 0.717) is 0 Å². The van der Waals surface area contributed by atoms with E-state index in [1.165, 1.54) is 60.9 Å². The molecule has 2 aliphatic heterocycles. The van der Waals surface area contributed by atoms with Crippen LogP contribution in [0, 0.1) is 18.8 Å². The van der Waals surface area contributed by atoms with Crippen LogP contribution in [0.4, 0.5) is 0 Å². The fraction of sp³-hybridized carbons (Fsp3) is 0.372. The van der Waals surface area contributed by atoms with E-state index in [1.807, 2.05) is 18.2 Å². The van der Waals surface area contributed by atoms with Crippen LogP contribution >= 0.6 is 0 Å². The molecule has 0 radical (unpaired) electrons. The third-order valence-electron chi connectivity index (χ3n) is 12.3. The minimum atomic E-state index is -1.64. The summed E-state index contributed by atoms with van der Waals surface area (Å²) in [6.07, 6.45) is 15.7. The van der Waals surface area contributed by atoms with Crippen molar-refractivity contribution >= 4 is 41.0 Å². The predicted octanol–water partition coefficient (Wildman–Crippen LogP) is 9.34. The number of rotatable bonds is 5. The number of aryl methyl sites for hydroxylation is 1. The first kappa shape index (κ1) is 30.0. The topological polar surface area (TPSA) is 42.3 Å². The molecule has 1 spiro atoms. The SMILES string of the molecule is C=CC1=NC2(Cc3c(C)nc4c(oc5ccccc54)c31)C(C=C)C1C2c2ccccc2-c2cc(CC3CCCCC3)c([Si](C)(C)C)c[n+]21. The third kappa shape index (κ3) is 4.16. The van der Waals surface area contributed by atoms with Crippen molar-refractivity contribution in [2.24, 2.45) is 16.8 Å². The first-order chi connectivity index (χ1) is 23.2. The van der Waals surface area contributed by atoms with E-state index in [9.17, 15) is 0 Å². The van der Waals surface area contributed by atoms with Crippen LogP contribution in [0.15, 0.2) is 95.5 Å². The van der Waals surface area contributed by atoms with Gasteiger partial charge in [0.25, 0.3) is 0 Å². The molecular weight excluding hydrogens is 603 g/mol. The lowest BCUT2D eigenvalue weighted by molar-refractivity contribution is -0.738. The van der Waals surface area contributed by atoms with Gasteiger partial charge >= 0.3 is 0 Å². The molecule has 2 aromatic carbocycles. The maximum atomic E-state index is 6.52. The Morgan fingerprint density at radius 2 is 1.79 bits per heavy atom. The molecule has 4 atom stereocenters. The van der Waals surface area contributed by atoms with Gasteiger partial charge in [0.05, 0.1) is 31.2 Å². The summed E-state index contributed by atoms with van der Waals surface area (Å²) >= 11 is 0. The summed E-state index contributed by atoms with van der Waals surface area (Å²) < 4.78 is 9.18. The van der Waals surface area contributed by atoms with Crippen LogP contribution in [0.1, 0.15) is 72.0 Å². The molecule has 5 heteroatoms. The number of para-hydroxylation sites is 1. The molecule has 242 valence electrons. The highest BCUT2D eigenvalue weighted by molar-refractivity contribution is 6.89. The molecule has 3 aromatic heterocycles. The lowest BCUT2D eigenvalue weighted by atomic mass is 9.48. The van der Waals surface area contributed by atoms with E-state index in [2.05, 4.69) is 99.0 Å². The number of pyridine rings is 2. The van der Waals surface area contributed by atoms with Crippen molar-refractivity contribution in [3.63, 3.8) is 0 Å². The Morgan fingerprint density at radius 3 is 2.56 bits per heavy atom. The normalized spacial score (nSPS) is 24.8. The molecule has 4 unspecified atom stereocenters. The summed E-state index contributed by atoms with van der Waals surface area (Å²) in [4.78, 5) is 10.9. The first-order valence-electron chi connectivity index (χ1n) is 18.1. The Hall–Kier alpha value is -4.09. The van der Waals surface area contributed by atoms with Crippen molar-refractivity contribution in [2.45, 2.75) is 89.0 Å². The van der Waals surface area contributed by atoms with E-state index in [-0.39, 0.29) is 23.4 Å². The number of fused-ring (bicyclic) bond motifs is 12. The second-order valence-electron chi connectivity index (χ2n) is 16.0. The number of allylic oxidation sites excluding steroid dienone is 1. The van der Waals surface area contributed by atoms with Gasteiger partial charge in [0.15, 0.2) is 17.8 Å². The highest BCUT2D eigenvalue weighted by Crippen LogP contribution is 2.64. The molecule has 2 fully saturated rings. The molecule has 4 nitrogen and oxygen atoms in total. The molecule has 0 amide bonds. The Labute approximate surface area is 285 Å².